The zero-order valence-corrected chi connectivity index (χ0v) is 23.0. The van der Waals surface area contributed by atoms with Crippen LogP contribution in [0.3, 0.4) is 0 Å². The van der Waals surface area contributed by atoms with Crippen LogP contribution >= 0.6 is 0 Å². The number of benzene rings is 1. The van der Waals surface area contributed by atoms with Crippen molar-refractivity contribution < 1.29 is 14.3 Å². The molecule has 1 N–H and O–H groups in total. The average molecular weight is 532 g/mol. The van der Waals surface area contributed by atoms with Gasteiger partial charge in [-0.2, -0.15) is 15.1 Å². The minimum absolute atomic E-state index is 0.0362. The number of hydrogen-bond acceptors (Lipinski definition) is 8. The number of carbonyl (C=O) groups excluding carboxylic acids is 1. The van der Waals surface area contributed by atoms with Gasteiger partial charge >= 0.3 is 6.01 Å². The van der Waals surface area contributed by atoms with E-state index in [1.807, 2.05) is 11.1 Å². The van der Waals surface area contributed by atoms with E-state index < -0.39 is 0 Å². The van der Waals surface area contributed by atoms with E-state index in [0.29, 0.717) is 51.3 Å². The molecule has 3 aliphatic rings. The van der Waals surface area contributed by atoms with Gasteiger partial charge in [-0.1, -0.05) is 12.6 Å². The molecule has 2 fully saturated rings. The molecule has 1 aromatic carbocycles. The number of anilines is 1. The Kier molecular flexibility index (Phi) is 6.99. The Morgan fingerprint density at radius 2 is 2.15 bits per heavy atom. The van der Waals surface area contributed by atoms with E-state index in [0.717, 1.165) is 46.5 Å². The standard InChI is InChI=1S/C29H37N7O3/c1-5-26(37)35-11-12-36(19(3)15-35)28-22-17-38-25(27-18(2)8-9-23-21(27)14-30-33-23)13-24(22)31-29(32-28)39-16-20-7-6-10-34(20)4/h5,8-9,14,19-20,25H,1,6-7,10-13,15-17H2,2-4H3,(H,30,33)/t19-,20-,25?/m0/s1. The molecule has 5 heterocycles. The minimum Gasteiger partial charge on any atom is -0.462 e. The molecule has 3 aromatic rings. The second-order valence-corrected chi connectivity index (χ2v) is 11.0. The number of carbonyl (C=O) groups is 1. The van der Waals surface area contributed by atoms with Gasteiger partial charge in [-0.25, -0.2) is 0 Å². The van der Waals surface area contributed by atoms with Crippen molar-refractivity contribution in [3.63, 3.8) is 0 Å². The lowest BCUT2D eigenvalue weighted by Gasteiger charge is -2.41. The van der Waals surface area contributed by atoms with Crippen LogP contribution in [0.15, 0.2) is 31.0 Å². The molecule has 3 atom stereocenters. The third-order valence-corrected chi connectivity index (χ3v) is 8.53. The highest BCUT2D eigenvalue weighted by atomic mass is 16.5. The second-order valence-electron chi connectivity index (χ2n) is 11.0. The van der Waals surface area contributed by atoms with E-state index in [2.05, 4.69) is 59.6 Å². The van der Waals surface area contributed by atoms with Gasteiger partial charge in [0, 0.05) is 49.1 Å². The summed E-state index contributed by atoms with van der Waals surface area (Å²) in [6.07, 6.45) is 6.05. The summed E-state index contributed by atoms with van der Waals surface area (Å²) in [5.41, 5.74) is 5.28. The maximum atomic E-state index is 12.3. The van der Waals surface area contributed by atoms with Crippen molar-refractivity contribution in [2.75, 3.05) is 44.7 Å². The van der Waals surface area contributed by atoms with Crippen LogP contribution in [0.2, 0.25) is 0 Å². The Balaban J connectivity index is 1.33. The fourth-order valence-corrected chi connectivity index (χ4v) is 6.26. The third-order valence-electron chi connectivity index (χ3n) is 8.53. The molecule has 206 valence electrons. The maximum absolute atomic E-state index is 12.3. The quantitative estimate of drug-likeness (QED) is 0.485. The van der Waals surface area contributed by atoms with Gasteiger partial charge in [-0.05, 0) is 63.6 Å². The third kappa shape index (κ3) is 4.87. The topological polar surface area (TPSA) is 99.7 Å². The lowest BCUT2D eigenvalue weighted by atomic mass is 9.93. The van der Waals surface area contributed by atoms with Gasteiger partial charge < -0.3 is 24.2 Å². The highest BCUT2D eigenvalue weighted by molar-refractivity contribution is 5.87. The molecule has 2 aromatic heterocycles. The highest BCUT2D eigenvalue weighted by Crippen LogP contribution is 2.39. The molecule has 0 aliphatic carbocycles. The van der Waals surface area contributed by atoms with E-state index in [9.17, 15) is 4.79 Å². The van der Waals surface area contributed by atoms with E-state index in [1.165, 1.54) is 18.1 Å². The number of H-pyrrole nitrogens is 1. The molecule has 39 heavy (non-hydrogen) atoms. The summed E-state index contributed by atoms with van der Waals surface area (Å²) < 4.78 is 12.8. The summed E-state index contributed by atoms with van der Waals surface area (Å²) >= 11 is 0. The number of nitrogens with zero attached hydrogens (tertiary/aromatic N) is 6. The SMILES string of the molecule is C=CC(=O)N1CCN(c2nc(OC[C@@H]3CCCN3C)nc3c2COC(c2c(C)ccc4[nH]ncc24)C3)[C@@H](C)C1. The van der Waals surface area contributed by atoms with Gasteiger partial charge in [0.15, 0.2) is 0 Å². The van der Waals surface area contributed by atoms with Gasteiger partial charge in [-0.3, -0.25) is 9.89 Å². The Hall–Kier alpha value is -3.50. The molecule has 1 unspecified atom stereocenters. The number of fused-ring (bicyclic) bond motifs is 2. The molecule has 10 nitrogen and oxygen atoms in total. The number of nitrogens with one attached hydrogen (secondary N) is 1. The largest absolute Gasteiger partial charge is 0.462 e. The predicted octanol–water partition coefficient (Wildman–Crippen LogP) is 3.17. The van der Waals surface area contributed by atoms with Gasteiger partial charge in [0.2, 0.25) is 5.91 Å². The molecule has 0 bridgehead atoms. The number of likely N-dealkylation sites (N-methyl/N-ethyl adjacent to an activating group) is 1. The second kappa shape index (κ2) is 10.6. The number of aromatic nitrogens is 4. The number of piperazine rings is 1. The summed E-state index contributed by atoms with van der Waals surface area (Å²) in [4.78, 5) is 28.6. The maximum Gasteiger partial charge on any atom is 0.318 e. The van der Waals surface area contributed by atoms with Crippen LogP contribution in [-0.4, -0.2) is 87.8 Å². The average Bonchev–Trinajstić information content (AvgIpc) is 3.59. The van der Waals surface area contributed by atoms with E-state index in [1.54, 1.807) is 0 Å². The van der Waals surface area contributed by atoms with Crippen molar-refractivity contribution in [2.24, 2.45) is 0 Å². The predicted molar refractivity (Wildman–Crippen MR) is 149 cm³/mol. The van der Waals surface area contributed by atoms with Gasteiger partial charge in [0.05, 0.1) is 30.1 Å². The Morgan fingerprint density at radius 3 is 2.92 bits per heavy atom. The van der Waals surface area contributed by atoms with Gasteiger partial charge in [0.1, 0.15) is 12.4 Å². The number of likely N-dealkylation sites (tertiary alicyclic amines) is 1. The molecule has 0 saturated carbocycles. The van der Waals surface area contributed by atoms with E-state index >= 15 is 0 Å². The molecule has 10 heteroatoms. The first-order chi connectivity index (χ1) is 18.9. The van der Waals surface area contributed by atoms with Crippen LogP contribution in [0.5, 0.6) is 6.01 Å². The van der Waals surface area contributed by atoms with Crippen LogP contribution in [-0.2, 0) is 22.6 Å². The number of aryl methyl sites for hydroxylation is 1. The lowest BCUT2D eigenvalue weighted by Crippen LogP contribution is -2.54. The lowest BCUT2D eigenvalue weighted by molar-refractivity contribution is -0.126. The highest BCUT2D eigenvalue weighted by Gasteiger charge is 2.34. The van der Waals surface area contributed by atoms with Crippen molar-refractivity contribution >= 4 is 22.6 Å². The van der Waals surface area contributed by atoms with Crippen molar-refractivity contribution in [2.45, 2.75) is 57.9 Å². The Bertz CT molecular complexity index is 1390. The summed E-state index contributed by atoms with van der Waals surface area (Å²) in [5, 5.41) is 8.42. The molecular weight excluding hydrogens is 494 g/mol. The Labute approximate surface area is 229 Å². The number of hydrogen-bond donors (Lipinski definition) is 1. The van der Waals surface area contributed by atoms with E-state index in [-0.39, 0.29) is 18.1 Å². The van der Waals surface area contributed by atoms with Crippen LogP contribution in [0.4, 0.5) is 5.82 Å². The first kappa shape index (κ1) is 25.8. The summed E-state index contributed by atoms with van der Waals surface area (Å²) in [5.74, 6) is 0.815. The molecule has 3 aliphatic heterocycles. The number of ether oxygens (including phenoxy) is 2. The first-order valence-corrected chi connectivity index (χ1v) is 13.9. The van der Waals surface area contributed by atoms with Crippen molar-refractivity contribution in [3.05, 3.63) is 53.4 Å². The Morgan fingerprint density at radius 1 is 1.28 bits per heavy atom. The van der Waals surface area contributed by atoms with Crippen LogP contribution in [0, 0.1) is 6.92 Å². The summed E-state index contributed by atoms with van der Waals surface area (Å²) in [6, 6.07) is 5.04. The molecule has 0 spiro atoms. The first-order valence-electron chi connectivity index (χ1n) is 13.9. The van der Waals surface area contributed by atoms with Crippen molar-refractivity contribution in [3.8, 4) is 6.01 Å². The van der Waals surface area contributed by atoms with Crippen molar-refractivity contribution in [1.29, 1.82) is 0 Å². The fraction of sp³-hybridized carbons (Fsp3) is 0.517. The number of aromatic amines is 1. The number of rotatable bonds is 6. The van der Waals surface area contributed by atoms with Gasteiger partial charge in [-0.15, -0.1) is 0 Å². The van der Waals surface area contributed by atoms with E-state index in [4.69, 9.17) is 19.4 Å². The molecule has 2 saturated heterocycles. The molecule has 0 radical (unpaired) electrons. The van der Waals surface area contributed by atoms with Crippen LogP contribution in [0.1, 0.15) is 48.3 Å². The molecule has 1 amide bonds. The number of amides is 1. The zero-order valence-electron chi connectivity index (χ0n) is 23.0. The minimum atomic E-state index is -0.144. The fourth-order valence-electron chi connectivity index (χ4n) is 6.26. The van der Waals surface area contributed by atoms with Crippen molar-refractivity contribution in [1.82, 2.24) is 30.0 Å². The molecule has 6 rings (SSSR count). The van der Waals surface area contributed by atoms with Crippen LogP contribution < -0.4 is 9.64 Å². The summed E-state index contributed by atoms with van der Waals surface area (Å²) in [7, 11) is 2.15. The smallest absolute Gasteiger partial charge is 0.318 e. The van der Waals surface area contributed by atoms with Crippen LogP contribution in [0.25, 0.3) is 10.9 Å². The molecular formula is C29H37N7O3. The summed E-state index contributed by atoms with van der Waals surface area (Å²) in [6.45, 7) is 11.9. The monoisotopic (exact) mass is 531 g/mol. The normalized spacial score (nSPS) is 23.7. The van der Waals surface area contributed by atoms with Gasteiger partial charge in [0.25, 0.3) is 0 Å². The zero-order chi connectivity index (χ0) is 27.1.